The molecule has 0 atom stereocenters. The van der Waals surface area contributed by atoms with Crippen LogP contribution in [0.4, 0.5) is 0 Å². The average Bonchev–Trinajstić information content (AvgIpc) is 0. The molecule has 0 nitrogen and oxygen atoms in total. The molecule has 0 aliphatic heterocycles. The van der Waals surface area contributed by atoms with E-state index in [9.17, 15) is 0 Å². The zero-order valence-corrected chi connectivity index (χ0v) is 7.40. The molecule has 0 unspecified atom stereocenters. The van der Waals surface area contributed by atoms with Crippen LogP contribution in [-0.4, -0.2) is 0 Å². The van der Waals surface area contributed by atoms with Crippen LogP contribution < -0.4 is 49.6 Å². The van der Waals surface area contributed by atoms with E-state index in [1.165, 1.54) is 0 Å². The molecule has 0 saturated heterocycles. The summed E-state index contributed by atoms with van der Waals surface area (Å²) >= 11 is 0. The Kier molecular flexibility index (Phi) is 859. The van der Waals surface area contributed by atoms with Crippen LogP contribution in [-0.2, 0) is 33.6 Å². The van der Waals surface area contributed by atoms with Crippen molar-refractivity contribution in [3.05, 3.63) is 0 Å². The van der Waals surface area contributed by atoms with E-state index in [2.05, 4.69) is 0 Å². The van der Waals surface area contributed by atoms with Gasteiger partial charge in [-0.15, -0.1) is 0 Å². The van der Waals surface area contributed by atoms with Crippen molar-refractivity contribution >= 4 is 0 Å². The summed E-state index contributed by atoms with van der Waals surface area (Å²) in [5.41, 5.74) is 0. The van der Waals surface area contributed by atoms with Gasteiger partial charge in [0, 0.05) is 0 Å². The first kappa shape index (κ1) is 89.1. The molecule has 45 valence electrons. The molecule has 0 amide bonds. The second-order valence-corrected chi connectivity index (χ2v) is 0. The topological polar surface area (TPSA) is 0 Å². The van der Waals surface area contributed by atoms with E-state index in [-0.39, 0.29) is 83.2 Å². The van der Waals surface area contributed by atoms with Gasteiger partial charge in [-0.2, -0.15) is 0 Å². The van der Waals surface area contributed by atoms with Gasteiger partial charge in [0.15, 0.2) is 0 Å². The first-order valence-corrected chi connectivity index (χ1v) is 0. The molecule has 0 N–H and O–H groups in total. The summed E-state index contributed by atoms with van der Waals surface area (Å²) < 4.78 is 0. The van der Waals surface area contributed by atoms with Crippen molar-refractivity contribution < 1.29 is 83.2 Å². The normalized spacial score (nSPS) is 0. The van der Waals surface area contributed by atoms with Crippen LogP contribution in [0.2, 0.25) is 0 Å². The second kappa shape index (κ2) is 57.9. The van der Waals surface area contributed by atoms with Crippen molar-refractivity contribution in [2.75, 3.05) is 0 Å². The van der Waals surface area contributed by atoms with Crippen molar-refractivity contribution in [2.45, 2.75) is 0 Å². The molecule has 0 fully saturated rings. The van der Waals surface area contributed by atoms with Gasteiger partial charge in [-0.05, 0) is 0 Å². The summed E-state index contributed by atoms with van der Waals surface area (Å²) in [5.74, 6) is 0. The monoisotopic (exact) mass is 253 g/mol. The van der Waals surface area contributed by atoms with E-state index in [1.54, 1.807) is 0 Å². The fourth-order valence-corrected chi connectivity index (χ4v) is 0. The Balaban J connectivity index is 0. The van der Waals surface area contributed by atoms with Gasteiger partial charge in [0.05, 0.1) is 0 Å². The Hall–Kier alpha value is 2.17. The van der Waals surface area contributed by atoms with Crippen LogP contribution in [0.5, 0.6) is 0 Å². The first-order chi connectivity index (χ1) is 0. The van der Waals surface area contributed by atoms with Gasteiger partial charge in [0.25, 0.3) is 0 Å². The maximum Gasteiger partial charge on any atom is 2.00 e. The third kappa shape index (κ3) is 35.0. The van der Waals surface area contributed by atoms with Crippen molar-refractivity contribution in [3.63, 3.8) is 0 Å². The second-order valence-electron chi connectivity index (χ2n) is 0. The van der Waals surface area contributed by atoms with E-state index in [4.69, 9.17) is 0 Å². The molecule has 6 heavy (non-hydrogen) atoms. The number of halogens is 4. The largest absolute Gasteiger partial charge is 2.00 e. The van der Waals surface area contributed by atoms with Gasteiger partial charge < -0.3 is 49.6 Å². The molecule has 0 aromatic rings. The van der Waals surface area contributed by atoms with E-state index in [0.717, 1.165) is 0 Å². The molecule has 0 aromatic heterocycles. The average molecular weight is 255 g/mol. The molecule has 0 aliphatic carbocycles. The van der Waals surface area contributed by atoms with Gasteiger partial charge in [-0.25, -0.2) is 0 Å². The van der Waals surface area contributed by atoms with Gasteiger partial charge in [-0.3, -0.25) is 0 Å². The summed E-state index contributed by atoms with van der Waals surface area (Å²) in [6, 6.07) is 0. The number of hydrogen-bond acceptors (Lipinski definition) is 0. The zero-order chi connectivity index (χ0) is 0. The van der Waals surface area contributed by atoms with E-state index in [1.807, 2.05) is 0 Å². The van der Waals surface area contributed by atoms with Crippen molar-refractivity contribution in [1.29, 1.82) is 0 Å². The molecule has 0 heterocycles. The molecule has 0 aromatic carbocycles. The summed E-state index contributed by atoms with van der Waals surface area (Å²) in [6.45, 7) is 0. The van der Waals surface area contributed by atoms with Gasteiger partial charge in [0.1, 0.15) is 0 Å². The van der Waals surface area contributed by atoms with E-state index in [0.29, 0.717) is 0 Å². The smallest absolute Gasteiger partial charge is 1.00 e. The fraction of sp³-hybridized carbons (Fsp3) is 0. The Morgan fingerprint density at radius 1 is 0.500 bits per heavy atom. The van der Waals surface area contributed by atoms with Gasteiger partial charge >= 0.3 is 33.6 Å². The minimum atomic E-state index is 0. The maximum absolute atomic E-state index is 0. The van der Waals surface area contributed by atoms with Crippen LogP contribution in [0.3, 0.4) is 0 Å². The van der Waals surface area contributed by atoms with Crippen molar-refractivity contribution in [3.8, 4) is 0 Å². The molecule has 0 spiro atoms. The summed E-state index contributed by atoms with van der Waals surface area (Å²) in [7, 11) is 0. The molecule has 1 radical (unpaired) electrons. The van der Waals surface area contributed by atoms with Gasteiger partial charge in [0.2, 0.25) is 0 Å². The summed E-state index contributed by atoms with van der Waals surface area (Å²) in [6.07, 6.45) is 0. The van der Waals surface area contributed by atoms with E-state index < -0.39 is 0 Å². The SMILES string of the molecule is [Cl-].[Cl-].[Cl-].[Cl-].[Mn+2].[Ni+2]. The van der Waals surface area contributed by atoms with Crippen molar-refractivity contribution in [2.24, 2.45) is 0 Å². The van der Waals surface area contributed by atoms with Crippen LogP contribution in [0.25, 0.3) is 0 Å². The van der Waals surface area contributed by atoms with E-state index >= 15 is 0 Å². The Bertz CT molecular complexity index is 7.51. The van der Waals surface area contributed by atoms with Crippen LogP contribution >= 0.6 is 0 Å². The Morgan fingerprint density at radius 2 is 0.500 bits per heavy atom. The maximum atomic E-state index is 0. The zero-order valence-electron chi connectivity index (χ0n) is 2.21. The van der Waals surface area contributed by atoms with Crippen LogP contribution in [0, 0.1) is 0 Å². The third-order valence-electron chi connectivity index (χ3n) is 0. The molecular weight excluding hydrogens is 255 g/mol. The standard InChI is InChI=1S/4ClH.Mn.Ni/h4*1H;;/q;;;;2*+2/p-4. The van der Waals surface area contributed by atoms with Crippen LogP contribution in [0.15, 0.2) is 0 Å². The third-order valence-corrected chi connectivity index (χ3v) is 0. The van der Waals surface area contributed by atoms with Crippen LogP contribution in [0.1, 0.15) is 0 Å². The first-order valence-electron chi connectivity index (χ1n) is 0. The molecule has 0 bridgehead atoms. The fourth-order valence-electron chi connectivity index (χ4n) is 0. The predicted octanol–water partition coefficient (Wildman–Crippen LogP) is -12.0. The predicted molar refractivity (Wildman–Crippen MR) is 0 cm³/mol. The minimum absolute atomic E-state index is 0. The molecule has 0 rings (SSSR count). The number of rotatable bonds is 0. The molecular formula is Cl4MnNi. The minimum Gasteiger partial charge on any atom is -1.00 e. The molecule has 0 aliphatic rings. The summed E-state index contributed by atoms with van der Waals surface area (Å²) in [5, 5.41) is 0. The molecule has 0 saturated carbocycles. The Morgan fingerprint density at radius 3 is 0.500 bits per heavy atom. The van der Waals surface area contributed by atoms with Crippen molar-refractivity contribution in [1.82, 2.24) is 0 Å². The Labute approximate surface area is 82.6 Å². The molecule has 6 heteroatoms. The number of hydrogen-bond donors (Lipinski definition) is 0. The summed E-state index contributed by atoms with van der Waals surface area (Å²) in [4.78, 5) is 0. The van der Waals surface area contributed by atoms with Gasteiger partial charge in [-0.1, -0.05) is 0 Å². The quantitative estimate of drug-likeness (QED) is 0.377.